The minimum atomic E-state index is -0.472. The van der Waals surface area contributed by atoms with Crippen LogP contribution in [-0.4, -0.2) is 24.7 Å². The lowest BCUT2D eigenvalue weighted by molar-refractivity contribution is -0.119. The van der Waals surface area contributed by atoms with Crippen molar-refractivity contribution < 1.29 is 9.59 Å². The number of thioether (sulfide) groups is 1. The molecule has 2 N–H and O–H groups in total. The molecule has 0 fully saturated rings. The predicted molar refractivity (Wildman–Crippen MR) is 74.8 cm³/mol. The first-order chi connectivity index (χ1) is 8.61. The SMILES string of the molecule is CNC(=O)NC(=O)CCSCc1cccc(Cl)c1. The average Bonchev–Trinajstić information content (AvgIpc) is 2.34. The zero-order valence-corrected chi connectivity index (χ0v) is 11.6. The first kappa shape index (κ1) is 14.9. The van der Waals surface area contributed by atoms with E-state index in [0.29, 0.717) is 17.2 Å². The van der Waals surface area contributed by atoms with Crippen LogP contribution in [0.25, 0.3) is 0 Å². The maximum atomic E-state index is 11.3. The standard InChI is InChI=1S/C12H15ClN2O2S/c1-14-12(17)15-11(16)5-6-18-8-9-3-2-4-10(13)7-9/h2-4,7H,5-6,8H2,1H3,(H2,14,15,16,17). The number of hydrogen-bond donors (Lipinski definition) is 2. The summed E-state index contributed by atoms with van der Waals surface area (Å²) in [7, 11) is 1.47. The van der Waals surface area contributed by atoms with Crippen molar-refractivity contribution in [2.24, 2.45) is 0 Å². The highest BCUT2D eigenvalue weighted by molar-refractivity contribution is 7.98. The Morgan fingerprint density at radius 3 is 2.83 bits per heavy atom. The summed E-state index contributed by atoms with van der Waals surface area (Å²) in [6.45, 7) is 0. The third-order valence-corrected chi connectivity index (χ3v) is 3.38. The third-order valence-electron chi connectivity index (χ3n) is 2.11. The number of halogens is 1. The molecular weight excluding hydrogens is 272 g/mol. The monoisotopic (exact) mass is 286 g/mol. The second kappa shape index (κ2) is 8.00. The van der Waals surface area contributed by atoms with Gasteiger partial charge in [0.05, 0.1) is 0 Å². The Labute approximate surface area is 115 Å². The van der Waals surface area contributed by atoms with Gasteiger partial charge in [-0.3, -0.25) is 10.1 Å². The zero-order chi connectivity index (χ0) is 13.4. The van der Waals surface area contributed by atoms with Gasteiger partial charge in [0.2, 0.25) is 5.91 Å². The van der Waals surface area contributed by atoms with Crippen molar-refractivity contribution in [2.45, 2.75) is 12.2 Å². The zero-order valence-electron chi connectivity index (χ0n) is 10.0. The summed E-state index contributed by atoms with van der Waals surface area (Å²) >= 11 is 7.49. The van der Waals surface area contributed by atoms with E-state index in [1.165, 1.54) is 7.05 Å². The molecule has 18 heavy (non-hydrogen) atoms. The molecule has 0 bridgehead atoms. The highest BCUT2D eigenvalue weighted by atomic mass is 35.5. The van der Waals surface area contributed by atoms with E-state index in [-0.39, 0.29) is 5.91 Å². The molecule has 3 amide bonds. The van der Waals surface area contributed by atoms with Gasteiger partial charge in [0.15, 0.2) is 0 Å². The smallest absolute Gasteiger partial charge is 0.321 e. The predicted octanol–water partition coefficient (Wildman–Crippen LogP) is 2.42. The van der Waals surface area contributed by atoms with E-state index in [9.17, 15) is 9.59 Å². The lowest BCUT2D eigenvalue weighted by Gasteiger charge is -2.04. The van der Waals surface area contributed by atoms with Gasteiger partial charge >= 0.3 is 6.03 Å². The number of carbonyl (C=O) groups excluding carboxylic acids is 2. The summed E-state index contributed by atoms with van der Waals surface area (Å²) in [5.41, 5.74) is 1.12. The maximum Gasteiger partial charge on any atom is 0.321 e. The Hall–Kier alpha value is -1.20. The highest BCUT2D eigenvalue weighted by Gasteiger charge is 2.05. The Kier molecular flexibility index (Phi) is 6.60. The van der Waals surface area contributed by atoms with E-state index in [1.807, 2.05) is 24.3 Å². The molecule has 0 saturated carbocycles. The van der Waals surface area contributed by atoms with Crippen molar-refractivity contribution in [2.75, 3.05) is 12.8 Å². The highest BCUT2D eigenvalue weighted by Crippen LogP contribution is 2.16. The number of rotatable bonds is 5. The molecule has 1 aromatic rings. The number of benzene rings is 1. The average molecular weight is 287 g/mol. The van der Waals surface area contributed by atoms with Gasteiger partial charge in [0.25, 0.3) is 0 Å². The van der Waals surface area contributed by atoms with Crippen LogP contribution in [0.3, 0.4) is 0 Å². The van der Waals surface area contributed by atoms with Crippen LogP contribution in [0.15, 0.2) is 24.3 Å². The molecule has 0 radical (unpaired) electrons. The number of urea groups is 1. The number of carbonyl (C=O) groups is 2. The number of hydrogen-bond acceptors (Lipinski definition) is 3. The van der Waals surface area contributed by atoms with Crippen LogP contribution in [0.5, 0.6) is 0 Å². The van der Waals surface area contributed by atoms with Crippen molar-refractivity contribution in [1.29, 1.82) is 0 Å². The van der Waals surface area contributed by atoms with Gasteiger partial charge in [-0.05, 0) is 17.7 Å². The quantitative estimate of drug-likeness (QED) is 0.817. The van der Waals surface area contributed by atoms with Crippen LogP contribution >= 0.6 is 23.4 Å². The first-order valence-corrected chi connectivity index (χ1v) is 6.99. The van der Waals surface area contributed by atoms with E-state index in [0.717, 1.165) is 11.3 Å². The van der Waals surface area contributed by atoms with Crippen molar-refractivity contribution >= 4 is 35.3 Å². The molecule has 0 aliphatic carbocycles. The van der Waals surface area contributed by atoms with E-state index in [2.05, 4.69) is 10.6 Å². The van der Waals surface area contributed by atoms with E-state index < -0.39 is 6.03 Å². The minimum absolute atomic E-state index is 0.270. The van der Waals surface area contributed by atoms with Crippen LogP contribution in [0.2, 0.25) is 5.02 Å². The molecule has 1 rings (SSSR count). The maximum absolute atomic E-state index is 11.3. The van der Waals surface area contributed by atoms with Gasteiger partial charge in [-0.15, -0.1) is 0 Å². The molecule has 0 aliphatic heterocycles. The van der Waals surface area contributed by atoms with Gasteiger partial charge in [-0.25, -0.2) is 4.79 Å². The van der Waals surface area contributed by atoms with Crippen LogP contribution in [-0.2, 0) is 10.5 Å². The van der Waals surface area contributed by atoms with E-state index in [4.69, 9.17) is 11.6 Å². The molecule has 0 atom stereocenters. The molecule has 0 aromatic heterocycles. The number of imide groups is 1. The molecule has 0 spiro atoms. The van der Waals surface area contributed by atoms with Crippen molar-refractivity contribution in [3.8, 4) is 0 Å². The molecule has 4 nitrogen and oxygen atoms in total. The number of amides is 3. The Bertz CT molecular complexity index is 426. The van der Waals surface area contributed by atoms with E-state index >= 15 is 0 Å². The lowest BCUT2D eigenvalue weighted by Crippen LogP contribution is -2.37. The van der Waals surface area contributed by atoms with Crippen molar-refractivity contribution in [1.82, 2.24) is 10.6 Å². The molecule has 6 heteroatoms. The Morgan fingerprint density at radius 1 is 1.39 bits per heavy atom. The second-order valence-electron chi connectivity index (χ2n) is 3.56. The van der Waals surface area contributed by atoms with Crippen LogP contribution < -0.4 is 10.6 Å². The Morgan fingerprint density at radius 2 is 2.17 bits per heavy atom. The molecule has 1 aromatic carbocycles. The molecule has 0 unspecified atom stereocenters. The van der Waals surface area contributed by atoms with Gasteiger partial charge in [0, 0.05) is 30.0 Å². The third kappa shape index (κ3) is 5.93. The fraction of sp³-hybridized carbons (Fsp3) is 0.333. The largest absolute Gasteiger partial charge is 0.341 e. The van der Waals surface area contributed by atoms with Crippen LogP contribution in [0, 0.1) is 0 Å². The fourth-order valence-corrected chi connectivity index (χ4v) is 2.34. The normalized spacial score (nSPS) is 9.89. The minimum Gasteiger partial charge on any atom is -0.341 e. The summed E-state index contributed by atoms with van der Waals surface area (Å²) in [4.78, 5) is 22.1. The summed E-state index contributed by atoms with van der Waals surface area (Å²) < 4.78 is 0. The van der Waals surface area contributed by atoms with Gasteiger partial charge < -0.3 is 5.32 Å². The lowest BCUT2D eigenvalue weighted by atomic mass is 10.2. The Balaban J connectivity index is 2.19. The number of nitrogens with one attached hydrogen (secondary N) is 2. The van der Waals surface area contributed by atoms with Gasteiger partial charge in [-0.2, -0.15) is 11.8 Å². The van der Waals surface area contributed by atoms with Crippen LogP contribution in [0.1, 0.15) is 12.0 Å². The molecule has 0 saturated heterocycles. The topological polar surface area (TPSA) is 58.2 Å². The summed E-state index contributed by atoms with van der Waals surface area (Å²) in [5, 5.41) is 5.25. The first-order valence-electron chi connectivity index (χ1n) is 5.45. The summed E-state index contributed by atoms with van der Waals surface area (Å²) in [6, 6.07) is 7.14. The van der Waals surface area contributed by atoms with Crippen LogP contribution in [0.4, 0.5) is 4.79 Å². The molecular formula is C12H15ClN2O2S. The molecule has 98 valence electrons. The fourth-order valence-electron chi connectivity index (χ4n) is 1.23. The molecule has 0 heterocycles. The van der Waals surface area contributed by atoms with E-state index in [1.54, 1.807) is 11.8 Å². The second-order valence-corrected chi connectivity index (χ2v) is 5.10. The van der Waals surface area contributed by atoms with Gasteiger partial charge in [-0.1, -0.05) is 23.7 Å². The summed E-state index contributed by atoms with van der Waals surface area (Å²) in [5.74, 6) is 1.19. The van der Waals surface area contributed by atoms with Crippen molar-refractivity contribution in [3.05, 3.63) is 34.9 Å². The summed E-state index contributed by atoms with van der Waals surface area (Å²) in [6.07, 6.45) is 0.318. The van der Waals surface area contributed by atoms with Gasteiger partial charge in [0.1, 0.15) is 0 Å². The molecule has 0 aliphatic rings. The van der Waals surface area contributed by atoms with Crippen molar-refractivity contribution in [3.63, 3.8) is 0 Å².